The Kier molecular flexibility index (Phi) is 4.34. The number of hydrogen-bond acceptors (Lipinski definition) is 3. The van der Waals surface area contributed by atoms with E-state index in [0.717, 1.165) is 0 Å². The highest BCUT2D eigenvalue weighted by atomic mass is 19.3. The van der Waals surface area contributed by atoms with Crippen LogP contribution in [-0.4, -0.2) is 26.5 Å². The predicted octanol–water partition coefficient (Wildman–Crippen LogP) is 2.41. The van der Waals surface area contributed by atoms with Crippen LogP contribution in [0.25, 0.3) is 0 Å². The van der Waals surface area contributed by atoms with Crippen LogP contribution in [0.15, 0.2) is 42.6 Å². The minimum absolute atomic E-state index is 0.138. The number of aromatic nitrogens is 1. The Morgan fingerprint density at radius 1 is 1.20 bits per heavy atom. The van der Waals surface area contributed by atoms with Crippen LogP contribution in [0.1, 0.15) is 5.56 Å². The Labute approximate surface area is 117 Å². The number of nitrogens with zero attached hydrogens (tertiary/aromatic N) is 1. The van der Waals surface area contributed by atoms with E-state index >= 15 is 0 Å². The molecule has 3 nitrogen and oxygen atoms in total. The maximum atomic E-state index is 13.6. The van der Waals surface area contributed by atoms with Crippen LogP contribution >= 0.6 is 0 Å². The summed E-state index contributed by atoms with van der Waals surface area (Å²) in [5.74, 6) is -2.41. The Bertz CT molecular complexity index is 576. The number of ether oxygens (including phenoxy) is 2. The summed E-state index contributed by atoms with van der Waals surface area (Å²) in [6, 6.07) is 8.76. The van der Waals surface area contributed by atoms with Gasteiger partial charge in [-0.3, -0.25) is 0 Å². The Hall–Kier alpha value is -1.95. The van der Waals surface area contributed by atoms with Crippen molar-refractivity contribution in [2.45, 2.75) is 5.92 Å². The number of benzene rings is 1. The van der Waals surface area contributed by atoms with E-state index < -0.39 is 12.5 Å². The molecule has 0 bridgehead atoms. The van der Waals surface area contributed by atoms with E-state index in [1.165, 1.54) is 37.6 Å². The molecule has 1 aromatic carbocycles. The van der Waals surface area contributed by atoms with Crippen molar-refractivity contribution in [1.29, 1.82) is 0 Å². The first-order chi connectivity index (χ1) is 9.53. The fourth-order valence-corrected chi connectivity index (χ4v) is 1.63. The molecule has 0 saturated carbocycles. The lowest BCUT2D eigenvalue weighted by Gasteiger charge is -2.16. The summed E-state index contributed by atoms with van der Waals surface area (Å²) in [4.78, 5) is 3.96. The van der Waals surface area contributed by atoms with Gasteiger partial charge < -0.3 is 9.47 Å². The van der Waals surface area contributed by atoms with Crippen LogP contribution in [0.4, 0.5) is 8.78 Å². The van der Waals surface area contributed by atoms with E-state index in [1.807, 2.05) is 0 Å². The maximum Gasteiger partial charge on any atom is 0.296 e. The molecular formula is C14H12BF2NO2. The molecule has 0 amide bonds. The third-order valence-electron chi connectivity index (χ3n) is 2.62. The highest BCUT2D eigenvalue weighted by Crippen LogP contribution is 2.30. The van der Waals surface area contributed by atoms with Gasteiger partial charge in [-0.25, -0.2) is 4.98 Å². The van der Waals surface area contributed by atoms with Crippen molar-refractivity contribution < 1.29 is 18.3 Å². The topological polar surface area (TPSA) is 31.4 Å². The van der Waals surface area contributed by atoms with Gasteiger partial charge in [0, 0.05) is 18.9 Å². The molecule has 0 unspecified atom stereocenters. The van der Waals surface area contributed by atoms with Crippen molar-refractivity contribution in [2.75, 3.05) is 13.7 Å². The van der Waals surface area contributed by atoms with E-state index in [4.69, 9.17) is 12.6 Å². The zero-order chi connectivity index (χ0) is 14.6. The van der Waals surface area contributed by atoms with Crippen LogP contribution in [0.5, 0.6) is 11.6 Å². The van der Waals surface area contributed by atoms with Gasteiger partial charge in [0.25, 0.3) is 5.92 Å². The first-order valence-electron chi connectivity index (χ1n) is 5.88. The van der Waals surface area contributed by atoms with Gasteiger partial charge in [-0.1, -0.05) is 6.07 Å². The molecular weight excluding hydrogens is 263 g/mol. The highest BCUT2D eigenvalue weighted by molar-refractivity contribution is 6.33. The van der Waals surface area contributed by atoms with Gasteiger partial charge >= 0.3 is 0 Å². The van der Waals surface area contributed by atoms with Crippen LogP contribution in [0, 0.1) is 0 Å². The zero-order valence-electron chi connectivity index (χ0n) is 10.8. The van der Waals surface area contributed by atoms with Crippen molar-refractivity contribution in [3.8, 4) is 11.6 Å². The quantitative estimate of drug-likeness (QED) is 0.785. The van der Waals surface area contributed by atoms with E-state index in [-0.39, 0.29) is 11.4 Å². The van der Waals surface area contributed by atoms with Gasteiger partial charge in [0.05, 0.1) is 0 Å². The van der Waals surface area contributed by atoms with Gasteiger partial charge in [-0.05, 0) is 35.8 Å². The lowest BCUT2D eigenvalue weighted by Crippen LogP contribution is -2.19. The molecule has 0 aliphatic carbocycles. The molecule has 6 heteroatoms. The molecule has 1 aromatic heterocycles. The molecule has 0 saturated heterocycles. The molecule has 2 aromatic rings. The number of halogens is 2. The van der Waals surface area contributed by atoms with Crippen molar-refractivity contribution in [1.82, 2.24) is 4.98 Å². The molecule has 2 rings (SSSR count). The lowest BCUT2D eigenvalue weighted by atomic mass is 9.98. The van der Waals surface area contributed by atoms with Crippen LogP contribution in [0.2, 0.25) is 0 Å². The van der Waals surface area contributed by atoms with E-state index in [0.29, 0.717) is 11.2 Å². The summed E-state index contributed by atoms with van der Waals surface area (Å²) < 4.78 is 37.1. The van der Waals surface area contributed by atoms with Crippen LogP contribution in [-0.2, 0) is 10.7 Å². The summed E-state index contributed by atoms with van der Waals surface area (Å²) in [6.07, 6.45) is 1.53. The van der Waals surface area contributed by atoms with Crippen molar-refractivity contribution in [2.24, 2.45) is 0 Å². The van der Waals surface area contributed by atoms with Crippen molar-refractivity contribution in [3.63, 3.8) is 0 Å². The second kappa shape index (κ2) is 6.01. The Morgan fingerprint density at radius 3 is 2.50 bits per heavy atom. The Balaban J connectivity index is 2.15. The van der Waals surface area contributed by atoms with Crippen molar-refractivity contribution >= 4 is 13.3 Å². The number of pyridine rings is 1. The van der Waals surface area contributed by atoms with E-state index in [2.05, 4.69) is 9.72 Å². The second-order valence-electron chi connectivity index (χ2n) is 4.16. The molecule has 0 aliphatic rings. The molecule has 0 spiro atoms. The smallest absolute Gasteiger partial charge is 0.296 e. The van der Waals surface area contributed by atoms with E-state index in [9.17, 15) is 8.78 Å². The van der Waals surface area contributed by atoms with Gasteiger partial charge in [0.2, 0.25) is 5.88 Å². The summed E-state index contributed by atoms with van der Waals surface area (Å²) in [7, 11) is 6.91. The molecule has 2 radical (unpaired) electrons. The third kappa shape index (κ3) is 3.33. The average molecular weight is 275 g/mol. The molecule has 102 valence electrons. The number of hydrogen-bond donors (Lipinski definition) is 0. The summed E-state index contributed by atoms with van der Waals surface area (Å²) >= 11 is 0. The summed E-state index contributed by atoms with van der Waals surface area (Å²) in [5, 5.41) is 0. The predicted molar refractivity (Wildman–Crippen MR) is 71.9 cm³/mol. The average Bonchev–Trinajstić information content (AvgIpc) is 2.42. The van der Waals surface area contributed by atoms with Crippen molar-refractivity contribution in [3.05, 3.63) is 48.2 Å². The third-order valence-corrected chi connectivity index (χ3v) is 2.62. The molecule has 0 atom stereocenters. The molecule has 0 fully saturated rings. The standard InChI is InChI=1S/C14H12BF2NO2/c1-19-9-14(16,17)10-4-6-11(7-5-10)20-13-12(15)3-2-8-18-13/h2-8H,9H2,1H3. The Morgan fingerprint density at radius 2 is 1.90 bits per heavy atom. The minimum atomic E-state index is -3.03. The van der Waals surface area contributed by atoms with Gasteiger partial charge in [0.15, 0.2) is 0 Å². The van der Waals surface area contributed by atoms with E-state index in [1.54, 1.807) is 12.1 Å². The molecule has 20 heavy (non-hydrogen) atoms. The highest BCUT2D eigenvalue weighted by Gasteiger charge is 2.31. The van der Waals surface area contributed by atoms with Crippen LogP contribution < -0.4 is 10.2 Å². The first kappa shape index (κ1) is 14.5. The molecule has 0 aliphatic heterocycles. The number of methoxy groups -OCH3 is 1. The van der Waals surface area contributed by atoms with Crippen LogP contribution in [0.3, 0.4) is 0 Å². The number of rotatable bonds is 5. The fraction of sp³-hybridized carbons (Fsp3) is 0.214. The van der Waals surface area contributed by atoms with Gasteiger partial charge in [-0.15, -0.1) is 0 Å². The fourth-order valence-electron chi connectivity index (χ4n) is 1.63. The molecule has 0 N–H and O–H groups in total. The summed E-state index contributed by atoms with van der Waals surface area (Å²) in [5.41, 5.74) is 0.238. The zero-order valence-corrected chi connectivity index (χ0v) is 10.8. The monoisotopic (exact) mass is 275 g/mol. The SMILES string of the molecule is [B]c1cccnc1Oc1ccc(C(F)(F)COC)cc1. The lowest BCUT2D eigenvalue weighted by molar-refractivity contribution is -0.0698. The van der Waals surface area contributed by atoms with Gasteiger partial charge in [0.1, 0.15) is 20.2 Å². The molecule has 1 heterocycles. The normalized spacial score (nSPS) is 11.3. The summed E-state index contributed by atoms with van der Waals surface area (Å²) in [6.45, 7) is -0.666. The minimum Gasteiger partial charge on any atom is -0.440 e. The first-order valence-corrected chi connectivity index (χ1v) is 5.88. The maximum absolute atomic E-state index is 13.6. The largest absolute Gasteiger partial charge is 0.440 e. The number of alkyl halides is 2. The second-order valence-corrected chi connectivity index (χ2v) is 4.16. The van der Waals surface area contributed by atoms with Gasteiger partial charge in [-0.2, -0.15) is 8.78 Å².